The number of nitrogens with zero attached hydrogens (tertiary/aromatic N) is 1. The maximum Gasteiger partial charge on any atom is 0.225 e. The molecule has 130 valence electrons. The molecular formula is C20H28N2O2. The monoisotopic (exact) mass is 328 g/mol. The minimum atomic E-state index is -0.178. The lowest BCUT2D eigenvalue weighted by Gasteiger charge is -2.38. The lowest BCUT2D eigenvalue weighted by Crippen LogP contribution is -2.54. The molecule has 1 aliphatic heterocycles. The molecule has 2 aliphatic rings. The number of piperidine rings is 1. The number of carbonyl (C=O) groups is 2. The average molecular weight is 328 g/mol. The first-order chi connectivity index (χ1) is 11.5. The highest BCUT2D eigenvalue weighted by atomic mass is 16.2. The van der Waals surface area contributed by atoms with Crippen molar-refractivity contribution in [2.75, 3.05) is 13.1 Å². The maximum absolute atomic E-state index is 12.8. The van der Waals surface area contributed by atoms with E-state index in [0.29, 0.717) is 13.0 Å². The van der Waals surface area contributed by atoms with E-state index in [9.17, 15) is 9.59 Å². The Morgan fingerprint density at radius 1 is 1.29 bits per heavy atom. The molecule has 3 rings (SSSR count). The minimum Gasteiger partial charge on any atom is -0.350 e. The van der Waals surface area contributed by atoms with Gasteiger partial charge in [0, 0.05) is 25.0 Å². The van der Waals surface area contributed by atoms with Crippen LogP contribution in [0.15, 0.2) is 24.3 Å². The number of aryl methyl sites for hydroxylation is 1. The highest BCUT2D eigenvalue weighted by Crippen LogP contribution is 2.29. The Labute approximate surface area is 144 Å². The van der Waals surface area contributed by atoms with Gasteiger partial charge >= 0.3 is 0 Å². The molecule has 0 bridgehead atoms. The summed E-state index contributed by atoms with van der Waals surface area (Å²) >= 11 is 0. The van der Waals surface area contributed by atoms with Crippen LogP contribution in [0.5, 0.6) is 0 Å². The summed E-state index contributed by atoms with van der Waals surface area (Å²) in [5.41, 5.74) is 2.57. The molecule has 1 heterocycles. The fraction of sp³-hybridized carbons (Fsp3) is 0.600. The van der Waals surface area contributed by atoms with Crippen LogP contribution in [0.2, 0.25) is 0 Å². The van der Waals surface area contributed by atoms with Gasteiger partial charge < -0.3 is 10.2 Å². The minimum absolute atomic E-state index is 0.0664. The molecule has 1 saturated heterocycles. The van der Waals surface area contributed by atoms with E-state index >= 15 is 0 Å². The van der Waals surface area contributed by atoms with Crippen molar-refractivity contribution in [2.24, 2.45) is 5.92 Å². The molecule has 1 N–H and O–H groups in total. The highest BCUT2D eigenvalue weighted by Gasteiger charge is 2.35. The van der Waals surface area contributed by atoms with Crippen molar-refractivity contribution >= 4 is 11.8 Å². The van der Waals surface area contributed by atoms with Crippen molar-refractivity contribution in [2.45, 2.75) is 57.9 Å². The predicted octanol–water partition coefficient (Wildman–Crippen LogP) is 2.70. The standard InChI is InChI=1S/C20H28N2O2/c1-3-18(23)22-12-6-9-17(14-22)19(24)21-20(2)11-10-15-7-4-5-8-16(15)13-20/h4-5,7-8,17H,3,6,9-14H2,1-2H3,(H,21,24)/t17-,20-/m0/s1. The predicted molar refractivity (Wildman–Crippen MR) is 94.6 cm³/mol. The van der Waals surface area contributed by atoms with Gasteiger partial charge in [-0.2, -0.15) is 0 Å². The van der Waals surface area contributed by atoms with Crippen molar-refractivity contribution in [1.29, 1.82) is 0 Å². The van der Waals surface area contributed by atoms with Crippen LogP contribution in [-0.4, -0.2) is 35.3 Å². The van der Waals surface area contributed by atoms with E-state index in [1.165, 1.54) is 11.1 Å². The highest BCUT2D eigenvalue weighted by molar-refractivity contribution is 5.82. The molecule has 1 aromatic rings. The van der Waals surface area contributed by atoms with Crippen LogP contribution in [-0.2, 0) is 22.4 Å². The third-order valence-electron chi connectivity index (χ3n) is 5.52. The molecule has 0 aromatic heterocycles. The SMILES string of the molecule is CCC(=O)N1CCC[C@H](C(=O)N[C@@]2(C)CCc3ccccc3C2)C1. The van der Waals surface area contributed by atoms with Crippen LogP contribution in [0, 0.1) is 5.92 Å². The Morgan fingerprint density at radius 3 is 2.79 bits per heavy atom. The number of fused-ring (bicyclic) bond motifs is 1. The Morgan fingerprint density at radius 2 is 2.04 bits per heavy atom. The van der Waals surface area contributed by atoms with Crippen LogP contribution >= 0.6 is 0 Å². The second-order valence-corrected chi connectivity index (χ2v) is 7.53. The zero-order valence-electron chi connectivity index (χ0n) is 14.8. The number of benzene rings is 1. The van der Waals surface area contributed by atoms with Gasteiger partial charge in [-0.25, -0.2) is 0 Å². The molecule has 1 fully saturated rings. The van der Waals surface area contributed by atoms with E-state index < -0.39 is 0 Å². The molecule has 24 heavy (non-hydrogen) atoms. The van der Waals surface area contributed by atoms with Gasteiger partial charge in [0.15, 0.2) is 0 Å². The van der Waals surface area contributed by atoms with Crippen molar-refractivity contribution in [3.63, 3.8) is 0 Å². The van der Waals surface area contributed by atoms with E-state index in [1.807, 2.05) is 11.8 Å². The fourth-order valence-corrected chi connectivity index (χ4v) is 4.04. The summed E-state index contributed by atoms with van der Waals surface area (Å²) in [6.07, 6.45) is 5.19. The largest absolute Gasteiger partial charge is 0.350 e. The Bertz CT molecular complexity index is 628. The van der Waals surface area contributed by atoms with Gasteiger partial charge in [-0.05, 0) is 50.2 Å². The Kier molecular flexibility index (Phi) is 4.93. The van der Waals surface area contributed by atoms with Gasteiger partial charge in [0.25, 0.3) is 0 Å². The van der Waals surface area contributed by atoms with Gasteiger partial charge in [-0.1, -0.05) is 31.2 Å². The maximum atomic E-state index is 12.8. The van der Waals surface area contributed by atoms with Crippen LogP contribution in [0.25, 0.3) is 0 Å². The zero-order chi connectivity index (χ0) is 17.2. The van der Waals surface area contributed by atoms with Crippen LogP contribution < -0.4 is 5.32 Å². The summed E-state index contributed by atoms with van der Waals surface area (Å²) in [7, 11) is 0. The fourth-order valence-electron chi connectivity index (χ4n) is 4.04. The average Bonchev–Trinajstić information content (AvgIpc) is 2.60. The van der Waals surface area contributed by atoms with Gasteiger partial charge in [-0.3, -0.25) is 9.59 Å². The third-order valence-corrected chi connectivity index (χ3v) is 5.52. The molecule has 4 nitrogen and oxygen atoms in total. The quantitative estimate of drug-likeness (QED) is 0.927. The van der Waals surface area contributed by atoms with Crippen LogP contribution in [0.1, 0.15) is 50.7 Å². The summed E-state index contributed by atoms with van der Waals surface area (Å²) in [5.74, 6) is 0.207. The van der Waals surface area contributed by atoms with Gasteiger partial charge in [0.05, 0.1) is 5.92 Å². The number of hydrogen-bond donors (Lipinski definition) is 1. The van der Waals surface area contributed by atoms with E-state index in [0.717, 1.165) is 38.6 Å². The summed E-state index contributed by atoms with van der Waals surface area (Å²) in [6, 6.07) is 8.51. The van der Waals surface area contributed by atoms with Crippen LogP contribution in [0.3, 0.4) is 0 Å². The molecule has 1 aromatic carbocycles. The second-order valence-electron chi connectivity index (χ2n) is 7.53. The number of carbonyl (C=O) groups excluding carboxylic acids is 2. The lowest BCUT2D eigenvalue weighted by atomic mass is 9.78. The normalized spacial score (nSPS) is 26.6. The molecule has 2 amide bonds. The van der Waals surface area contributed by atoms with Crippen molar-refractivity contribution < 1.29 is 9.59 Å². The van der Waals surface area contributed by atoms with E-state index in [4.69, 9.17) is 0 Å². The molecule has 0 unspecified atom stereocenters. The van der Waals surface area contributed by atoms with Gasteiger partial charge in [0.2, 0.25) is 11.8 Å². The summed E-state index contributed by atoms with van der Waals surface area (Å²) < 4.78 is 0. The summed E-state index contributed by atoms with van der Waals surface area (Å²) in [4.78, 5) is 26.6. The number of amides is 2. The molecule has 0 spiro atoms. The Balaban J connectivity index is 1.63. The van der Waals surface area contributed by atoms with Crippen molar-refractivity contribution in [3.05, 3.63) is 35.4 Å². The summed E-state index contributed by atoms with van der Waals surface area (Å²) in [6.45, 7) is 5.40. The van der Waals surface area contributed by atoms with E-state index in [1.54, 1.807) is 0 Å². The number of nitrogens with one attached hydrogen (secondary N) is 1. The van der Waals surface area contributed by atoms with E-state index in [2.05, 4.69) is 36.5 Å². The Hall–Kier alpha value is -1.84. The molecule has 0 saturated carbocycles. The van der Waals surface area contributed by atoms with Crippen LogP contribution in [0.4, 0.5) is 0 Å². The smallest absolute Gasteiger partial charge is 0.225 e. The molecule has 0 radical (unpaired) electrons. The number of rotatable bonds is 3. The van der Waals surface area contributed by atoms with Gasteiger partial charge in [0.1, 0.15) is 0 Å². The topological polar surface area (TPSA) is 49.4 Å². The molecule has 4 heteroatoms. The first kappa shape index (κ1) is 17.0. The van der Waals surface area contributed by atoms with Crippen molar-refractivity contribution in [3.8, 4) is 0 Å². The molecular weight excluding hydrogens is 300 g/mol. The van der Waals surface area contributed by atoms with E-state index in [-0.39, 0.29) is 23.3 Å². The zero-order valence-corrected chi connectivity index (χ0v) is 14.8. The summed E-state index contributed by atoms with van der Waals surface area (Å²) in [5, 5.41) is 3.31. The third kappa shape index (κ3) is 3.63. The lowest BCUT2D eigenvalue weighted by molar-refractivity contribution is -0.136. The number of likely N-dealkylation sites (tertiary alicyclic amines) is 1. The first-order valence-corrected chi connectivity index (χ1v) is 9.17. The second kappa shape index (κ2) is 6.96. The molecule has 1 aliphatic carbocycles. The van der Waals surface area contributed by atoms with Crippen molar-refractivity contribution in [1.82, 2.24) is 10.2 Å². The molecule has 2 atom stereocenters. The first-order valence-electron chi connectivity index (χ1n) is 9.17. The van der Waals surface area contributed by atoms with Gasteiger partial charge in [-0.15, -0.1) is 0 Å². The number of hydrogen-bond acceptors (Lipinski definition) is 2.